The molecule has 0 unspecified atom stereocenters. The minimum absolute atomic E-state index is 0.0487. The number of amides is 1. The predicted molar refractivity (Wildman–Crippen MR) is 116 cm³/mol. The van der Waals surface area contributed by atoms with Crippen LogP contribution in [0.1, 0.15) is 10.4 Å². The molecule has 2 aliphatic rings. The monoisotopic (exact) mass is 480 g/mol. The topological polar surface area (TPSA) is 101 Å². The van der Waals surface area contributed by atoms with Gasteiger partial charge in [-0.2, -0.15) is 4.31 Å². The molecule has 8 nitrogen and oxygen atoms in total. The van der Waals surface area contributed by atoms with E-state index in [2.05, 4.69) is 0 Å². The van der Waals surface area contributed by atoms with E-state index >= 15 is 0 Å². The highest BCUT2D eigenvalue weighted by Gasteiger charge is 2.32. The Morgan fingerprint density at radius 3 is 2.22 bits per heavy atom. The number of halogens is 1. The number of sulfone groups is 1. The van der Waals surface area contributed by atoms with Gasteiger partial charge >= 0.3 is 0 Å². The van der Waals surface area contributed by atoms with E-state index in [-0.39, 0.29) is 29.3 Å². The van der Waals surface area contributed by atoms with Crippen LogP contribution in [0.2, 0.25) is 0 Å². The molecular formula is C21H21FN2O6S2. The van der Waals surface area contributed by atoms with Crippen molar-refractivity contribution in [3.05, 3.63) is 71.4 Å². The maximum absolute atomic E-state index is 13.4. The molecule has 0 aromatic heterocycles. The van der Waals surface area contributed by atoms with Gasteiger partial charge in [0.1, 0.15) is 5.82 Å². The SMILES string of the molecule is O=C(c1ccc(S(=O)(=O)N2CCOCC2)cc1)N(c1ccc(F)cc1)[C@@H]1C=CS(=O)(=O)C1. The molecule has 0 spiro atoms. The summed E-state index contributed by atoms with van der Waals surface area (Å²) in [4.78, 5) is 14.6. The average Bonchev–Trinajstić information content (AvgIpc) is 3.15. The third kappa shape index (κ3) is 4.60. The molecule has 1 amide bonds. The molecule has 1 saturated heterocycles. The molecule has 0 bridgehead atoms. The summed E-state index contributed by atoms with van der Waals surface area (Å²) in [6.07, 6.45) is 1.41. The average molecular weight is 481 g/mol. The van der Waals surface area contributed by atoms with Crippen LogP contribution < -0.4 is 4.90 Å². The molecule has 32 heavy (non-hydrogen) atoms. The summed E-state index contributed by atoms with van der Waals surface area (Å²) in [6, 6.07) is 9.85. The Kier molecular flexibility index (Phi) is 6.17. The Labute approximate surface area is 185 Å². The Morgan fingerprint density at radius 1 is 1.03 bits per heavy atom. The Hall–Kier alpha value is -2.60. The Morgan fingerprint density at radius 2 is 1.66 bits per heavy atom. The van der Waals surface area contributed by atoms with E-state index in [0.717, 1.165) is 5.41 Å². The molecule has 2 aliphatic heterocycles. The minimum Gasteiger partial charge on any atom is -0.379 e. The summed E-state index contributed by atoms with van der Waals surface area (Å²) in [5.74, 6) is -1.31. The molecule has 4 rings (SSSR count). The highest BCUT2D eigenvalue weighted by Crippen LogP contribution is 2.26. The third-order valence-corrected chi connectivity index (χ3v) is 8.57. The van der Waals surface area contributed by atoms with Crippen molar-refractivity contribution in [2.45, 2.75) is 10.9 Å². The molecule has 170 valence electrons. The zero-order valence-electron chi connectivity index (χ0n) is 16.9. The van der Waals surface area contributed by atoms with Gasteiger partial charge in [-0.05, 0) is 54.6 Å². The lowest BCUT2D eigenvalue weighted by molar-refractivity contribution is 0.0730. The van der Waals surface area contributed by atoms with Crippen molar-refractivity contribution in [1.29, 1.82) is 0 Å². The number of morpholine rings is 1. The van der Waals surface area contributed by atoms with Crippen LogP contribution in [-0.4, -0.2) is 65.1 Å². The van der Waals surface area contributed by atoms with E-state index in [1.165, 1.54) is 63.8 Å². The first-order valence-corrected chi connectivity index (χ1v) is 13.0. The van der Waals surface area contributed by atoms with E-state index in [0.29, 0.717) is 18.9 Å². The van der Waals surface area contributed by atoms with E-state index in [4.69, 9.17) is 4.74 Å². The molecule has 0 saturated carbocycles. The number of rotatable bonds is 5. The number of ether oxygens (including phenoxy) is 1. The highest BCUT2D eigenvalue weighted by molar-refractivity contribution is 7.94. The molecule has 2 aromatic carbocycles. The van der Waals surface area contributed by atoms with E-state index in [9.17, 15) is 26.0 Å². The van der Waals surface area contributed by atoms with Crippen LogP contribution in [0, 0.1) is 5.82 Å². The zero-order chi connectivity index (χ0) is 22.9. The first-order chi connectivity index (χ1) is 15.2. The smallest absolute Gasteiger partial charge is 0.258 e. The maximum atomic E-state index is 13.4. The molecule has 2 heterocycles. The molecule has 0 N–H and O–H groups in total. The second-order valence-corrected chi connectivity index (χ2v) is 11.3. The maximum Gasteiger partial charge on any atom is 0.258 e. The molecule has 0 aliphatic carbocycles. The van der Waals surface area contributed by atoms with Gasteiger partial charge in [0.05, 0.1) is 29.9 Å². The van der Waals surface area contributed by atoms with Crippen LogP contribution in [0.4, 0.5) is 10.1 Å². The number of anilines is 1. The van der Waals surface area contributed by atoms with Gasteiger partial charge in [-0.1, -0.05) is 0 Å². The van der Waals surface area contributed by atoms with Crippen molar-refractivity contribution in [2.75, 3.05) is 37.0 Å². The van der Waals surface area contributed by atoms with Crippen LogP contribution in [0.15, 0.2) is 64.9 Å². The summed E-state index contributed by atoms with van der Waals surface area (Å²) in [7, 11) is -7.17. The number of sulfonamides is 1. The summed E-state index contributed by atoms with van der Waals surface area (Å²) >= 11 is 0. The number of carbonyl (C=O) groups excluding carboxylic acids is 1. The fraction of sp³-hybridized carbons (Fsp3) is 0.286. The Balaban J connectivity index is 1.64. The molecular weight excluding hydrogens is 459 g/mol. The summed E-state index contributed by atoms with van der Waals surface area (Å²) in [5.41, 5.74) is 0.501. The number of hydrogen-bond acceptors (Lipinski definition) is 6. The number of nitrogens with zero attached hydrogens (tertiary/aromatic N) is 2. The molecule has 1 atom stereocenters. The molecule has 1 fully saturated rings. The minimum atomic E-state index is -3.72. The van der Waals surface area contributed by atoms with Crippen LogP contribution in [0.5, 0.6) is 0 Å². The summed E-state index contributed by atoms with van der Waals surface area (Å²) in [5, 5.41) is 1.06. The molecule has 11 heteroatoms. The van der Waals surface area contributed by atoms with Crippen molar-refractivity contribution >= 4 is 31.5 Å². The lowest BCUT2D eigenvalue weighted by Crippen LogP contribution is -2.41. The first-order valence-electron chi connectivity index (χ1n) is 9.85. The molecule has 0 radical (unpaired) electrons. The lowest BCUT2D eigenvalue weighted by atomic mass is 10.1. The number of benzene rings is 2. The third-order valence-electron chi connectivity index (χ3n) is 5.28. The van der Waals surface area contributed by atoms with Crippen LogP contribution in [0.3, 0.4) is 0 Å². The Bertz CT molecular complexity index is 1240. The van der Waals surface area contributed by atoms with Gasteiger partial charge in [0.15, 0.2) is 9.84 Å². The second-order valence-electron chi connectivity index (χ2n) is 7.42. The molecule has 2 aromatic rings. The standard InChI is InChI=1S/C21H21FN2O6S2/c22-17-3-5-18(6-4-17)24(19-9-14-31(26,27)15-19)21(25)16-1-7-20(8-2-16)32(28,29)23-10-12-30-13-11-23/h1-9,14,19H,10-13,15H2/t19-/m1/s1. The van der Waals surface area contributed by atoms with E-state index < -0.39 is 37.6 Å². The largest absolute Gasteiger partial charge is 0.379 e. The fourth-order valence-electron chi connectivity index (χ4n) is 3.63. The summed E-state index contributed by atoms with van der Waals surface area (Å²) < 4.78 is 69.4. The van der Waals surface area contributed by atoms with Crippen molar-refractivity contribution in [3.63, 3.8) is 0 Å². The quantitative estimate of drug-likeness (QED) is 0.647. The lowest BCUT2D eigenvalue weighted by Gasteiger charge is -2.28. The zero-order valence-corrected chi connectivity index (χ0v) is 18.6. The summed E-state index contributed by atoms with van der Waals surface area (Å²) in [6.45, 7) is 1.15. The van der Waals surface area contributed by atoms with Gasteiger partial charge in [0.25, 0.3) is 5.91 Å². The van der Waals surface area contributed by atoms with Gasteiger partial charge in [-0.25, -0.2) is 21.2 Å². The van der Waals surface area contributed by atoms with E-state index in [1.807, 2.05) is 0 Å². The van der Waals surface area contributed by atoms with Crippen molar-refractivity contribution in [2.24, 2.45) is 0 Å². The van der Waals surface area contributed by atoms with Gasteiger partial charge in [0, 0.05) is 29.7 Å². The van der Waals surface area contributed by atoms with Crippen molar-refractivity contribution in [3.8, 4) is 0 Å². The van der Waals surface area contributed by atoms with Gasteiger partial charge in [0.2, 0.25) is 10.0 Å². The van der Waals surface area contributed by atoms with E-state index in [1.54, 1.807) is 0 Å². The van der Waals surface area contributed by atoms with Crippen molar-refractivity contribution < 1.29 is 30.8 Å². The van der Waals surface area contributed by atoms with Crippen LogP contribution >= 0.6 is 0 Å². The predicted octanol–water partition coefficient (Wildman–Crippen LogP) is 1.80. The first kappa shape index (κ1) is 22.6. The fourth-order valence-corrected chi connectivity index (χ4v) is 6.30. The van der Waals surface area contributed by atoms with Gasteiger partial charge in [-0.3, -0.25) is 4.79 Å². The van der Waals surface area contributed by atoms with Gasteiger partial charge < -0.3 is 9.64 Å². The highest BCUT2D eigenvalue weighted by atomic mass is 32.2. The normalized spacial score (nSPS) is 20.8. The van der Waals surface area contributed by atoms with Crippen LogP contribution in [-0.2, 0) is 24.6 Å². The van der Waals surface area contributed by atoms with Crippen molar-refractivity contribution in [1.82, 2.24) is 4.31 Å². The van der Waals surface area contributed by atoms with Crippen LogP contribution in [0.25, 0.3) is 0 Å². The number of carbonyl (C=O) groups is 1. The second kappa shape index (κ2) is 8.74. The number of hydrogen-bond donors (Lipinski definition) is 0. The van der Waals surface area contributed by atoms with Gasteiger partial charge in [-0.15, -0.1) is 0 Å².